The molecule has 1 saturated heterocycles. The summed E-state index contributed by atoms with van der Waals surface area (Å²) in [5, 5.41) is 3.62. The van der Waals surface area contributed by atoms with Crippen LogP contribution in [0.3, 0.4) is 0 Å². The Morgan fingerprint density at radius 2 is 2.12 bits per heavy atom. The Morgan fingerprint density at radius 3 is 2.88 bits per heavy atom. The summed E-state index contributed by atoms with van der Waals surface area (Å²) in [5.41, 5.74) is 0.364. The number of hydrogen-bond acceptors (Lipinski definition) is 4. The van der Waals surface area contributed by atoms with Crippen LogP contribution >= 0.6 is 11.6 Å². The fourth-order valence-electron chi connectivity index (χ4n) is 2.63. The molecule has 0 bridgehead atoms. The fraction of sp³-hybridized carbons (Fsp3) is 0.353. The van der Waals surface area contributed by atoms with Gasteiger partial charge >= 0.3 is 0 Å². The standard InChI is InChI=1S/C17H18ClF2N3O/c1-11-9-23(7-6-21-11)17-14(19)4-5-16(22-17)24-10-12-2-3-13(18)8-15(12)20/h2-5,8,11,21H,6-7,9-10H2,1H3/t11-/m0/s1. The second-order valence-corrected chi connectivity index (χ2v) is 6.22. The van der Waals surface area contributed by atoms with Crippen LogP contribution in [-0.2, 0) is 6.61 Å². The molecule has 1 fully saturated rings. The Morgan fingerprint density at radius 1 is 1.29 bits per heavy atom. The number of nitrogens with zero attached hydrogens (tertiary/aromatic N) is 2. The normalized spacial score (nSPS) is 17.8. The van der Waals surface area contributed by atoms with E-state index in [-0.39, 0.29) is 24.3 Å². The topological polar surface area (TPSA) is 37.4 Å². The maximum absolute atomic E-state index is 14.1. The fourth-order valence-corrected chi connectivity index (χ4v) is 2.79. The molecule has 0 amide bonds. The summed E-state index contributed by atoms with van der Waals surface area (Å²) in [7, 11) is 0. The average molecular weight is 354 g/mol. The molecule has 0 aliphatic carbocycles. The zero-order valence-corrected chi connectivity index (χ0v) is 14.0. The largest absolute Gasteiger partial charge is 0.473 e. The minimum absolute atomic E-state index is 0.000959. The van der Waals surface area contributed by atoms with E-state index in [1.54, 1.807) is 12.1 Å². The minimum atomic E-state index is -0.444. The molecule has 0 radical (unpaired) electrons. The number of halogens is 3. The first-order valence-corrected chi connectivity index (χ1v) is 8.12. The van der Waals surface area contributed by atoms with Crippen molar-refractivity contribution in [2.45, 2.75) is 19.6 Å². The number of rotatable bonds is 4. The predicted molar refractivity (Wildman–Crippen MR) is 89.6 cm³/mol. The molecule has 1 N–H and O–H groups in total. The first kappa shape index (κ1) is 16.9. The van der Waals surface area contributed by atoms with Gasteiger partial charge < -0.3 is 15.0 Å². The van der Waals surface area contributed by atoms with Gasteiger partial charge in [0.2, 0.25) is 5.88 Å². The van der Waals surface area contributed by atoms with Gasteiger partial charge in [0.25, 0.3) is 0 Å². The summed E-state index contributed by atoms with van der Waals surface area (Å²) in [4.78, 5) is 6.13. The lowest BCUT2D eigenvalue weighted by Crippen LogP contribution is -2.49. The molecule has 0 spiro atoms. The van der Waals surface area contributed by atoms with Gasteiger partial charge in [-0.2, -0.15) is 4.98 Å². The van der Waals surface area contributed by atoms with Crippen LogP contribution < -0.4 is 15.0 Å². The molecular formula is C17H18ClF2N3O. The Balaban J connectivity index is 1.73. The number of nitrogens with one attached hydrogen (secondary N) is 1. The summed E-state index contributed by atoms with van der Waals surface area (Å²) in [6, 6.07) is 7.40. The summed E-state index contributed by atoms with van der Waals surface area (Å²) < 4.78 is 33.4. The number of piperazine rings is 1. The highest BCUT2D eigenvalue weighted by Gasteiger charge is 2.20. The third-order valence-electron chi connectivity index (χ3n) is 3.86. The van der Waals surface area contributed by atoms with E-state index in [1.165, 1.54) is 18.2 Å². The van der Waals surface area contributed by atoms with Crippen molar-refractivity contribution < 1.29 is 13.5 Å². The van der Waals surface area contributed by atoms with Crippen LogP contribution in [0, 0.1) is 11.6 Å². The van der Waals surface area contributed by atoms with Crippen molar-refractivity contribution in [1.29, 1.82) is 0 Å². The molecule has 2 heterocycles. The maximum atomic E-state index is 14.1. The van der Waals surface area contributed by atoms with Crippen LogP contribution in [0.5, 0.6) is 5.88 Å². The second-order valence-electron chi connectivity index (χ2n) is 5.78. The van der Waals surface area contributed by atoms with Gasteiger partial charge in [0.05, 0.1) is 0 Å². The van der Waals surface area contributed by atoms with Gasteiger partial charge in [0.15, 0.2) is 11.6 Å². The van der Waals surface area contributed by atoms with Crippen LogP contribution in [0.4, 0.5) is 14.6 Å². The smallest absolute Gasteiger partial charge is 0.215 e. The van der Waals surface area contributed by atoms with Crippen molar-refractivity contribution in [2.75, 3.05) is 24.5 Å². The van der Waals surface area contributed by atoms with Gasteiger partial charge in [-0.3, -0.25) is 0 Å². The lowest BCUT2D eigenvalue weighted by molar-refractivity contribution is 0.287. The SMILES string of the molecule is C[C@H]1CN(c2nc(OCc3ccc(Cl)cc3F)ccc2F)CCN1. The average Bonchev–Trinajstić information content (AvgIpc) is 2.55. The van der Waals surface area contributed by atoms with Gasteiger partial charge in [-0.25, -0.2) is 8.78 Å². The van der Waals surface area contributed by atoms with Crippen LogP contribution in [0.25, 0.3) is 0 Å². The van der Waals surface area contributed by atoms with E-state index in [9.17, 15) is 8.78 Å². The predicted octanol–water partition coefficient (Wildman–Crippen LogP) is 3.39. The third-order valence-corrected chi connectivity index (χ3v) is 4.10. The van der Waals surface area contributed by atoms with Gasteiger partial charge in [0, 0.05) is 42.3 Å². The quantitative estimate of drug-likeness (QED) is 0.914. The van der Waals surface area contributed by atoms with E-state index in [0.717, 1.165) is 6.54 Å². The highest BCUT2D eigenvalue weighted by atomic mass is 35.5. The molecule has 24 heavy (non-hydrogen) atoms. The number of anilines is 1. The zero-order valence-electron chi connectivity index (χ0n) is 13.2. The Kier molecular flexibility index (Phi) is 5.16. The monoisotopic (exact) mass is 353 g/mol. The van der Waals surface area contributed by atoms with Crippen molar-refractivity contribution >= 4 is 17.4 Å². The number of benzene rings is 1. The third kappa shape index (κ3) is 3.94. The van der Waals surface area contributed by atoms with Gasteiger partial charge in [-0.05, 0) is 25.1 Å². The molecule has 7 heteroatoms. The van der Waals surface area contributed by atoms with Crippen LogP contribution in [0.2, 0.25) is 5.02 Å². The molecule has 1 atom stereocenters. The lowest BCUT2D eigenvalue weighted by atomic mass is 10.2. The summed E-state index contributed by atoms with van der Waals surface area (Å²) in [6.45, 7) is 4.14. The van der Waals surface area contributed by atoms with Gasteiger partial charge in [0.1, 0.15) is 12.4 Å². The van der Waals surface area contributed by atoms with E-state index >= 15 is 0 Å². The van der Waals surface area contributed by atoms with E-state index < -0.39 is 11.6 Å². The van der Waals surface area contributed by atoms with Crippen molar-refractivity contribution in [3.8, 4) is 5.88 Å². The molecular weight excluding hydrogens is 336 g/mol. The van der Waals surface area contributed by atoms with Crippen molar-refractivity contribution in [3.05, 3.63) is 52.6 Å². The van der Waals surface area contributed by atoms with E-state index in [0.29, 0.717) is 23.7 Å². The van der Waals surface area contributed by atoms with Crippen molar-refractivity contribution in [1.82, 2.24) is 10.3 Å². The summed E-state index contributed by atoms with van der Waals surface area (Å²) >= 11 is 5.72. The minimum Gasteiger partial charge on any atom is -0.473 e. The van der Waals surface area contributed by atoms with E-state index in [2.05, 4.69) is 10.3 Å². The first-order valence-electron chi connectivity index (χ1n) is 7.74. The Bertz CT molecular complexity index is 729. The molecule has 0 unspecified atom stereocenters. The van der Waals surface area contributed by atoms with Gasteiger partial charge in [-0.1, -0.05) is 17.7 Å². The zero-order chi connectivity index (χ0) is 17.1. The summed E-state index contributed by atoms with van der Waals surface area (Å²) in [5.74, 6) is -0.320. The lowest BCUT2D eigenvalue weighted by Gasteiger charge is -2.32. The molecule has 1 aliphatic rings. The first-order chi connectivity index (χ1) is 11.5. The van der Waals surface area contributed by atoms with Crippen LogP contribution in [-0.4, -0.2) is 30.7 Å². The molecule has 1 aromatic heterocycles. The van der Waals surface area contributed by atoms with E-state index in [4.69, 9.17) is 16.3 Å². The van der Waals surface area contributed by atoms with Gasteiger partial charge in [-0.15, -0.1) is 0 Å². The Hall–Kier alpha value is -1.92. The molecule has 128 valence electrons. The number of pyridine rings is 1. The number of ether oxygens (including phenoxy) is 1. The van der Waals surface area contributed by atoms with Crippen LogP contribution in [0.1, 0.15) is 12.5 Å². The van der Waals surface area contributed by atoms with E-state index in [1.807, 2.05) is 11.8 Å². The molecule has 0 saturated carbocycles. The Labute approximate surface area is 144 Å². The molecule has 2 aromatic rings. The molecule has 1 aliphatic heterocycles. The highest BCUT2D eigenvalue weighted by Crippen LogP contribution is 2.23. The highest BCUT2D eigenvalue weighted by molar-refractivity contribution is 6.30. The van der Waals surface area contributed by atoms with Crippen molar-refractivity contribution in [2.24, 2.45) is 0 Å². The molecule has 4 nitrogen and oxygen atoms in total. The molecule has 3 rings (SSSR count). The molecule has 1 aromatic carbocycles. The number of hydrogen-bond donors (Lipinski definition) is 1. The second kappa shape index (κ2) is 7.32. The number of aromatic nitrogens is 1. The van der Waals surface area contributed by atoms with Crippen molar-refractivity contribution in [3.63, 3.8) is 0 Å². The van der Waals surface area contributed by atoms with Crippen LogP contribution in [0.15, 0.2) is 30.3 Å². The summed E-state index contributed by atoms with van der Waals surface area (Å²) in [6.07, 6.45) is 0. The maximum Gasteiger partial charge on any atom is 0.215 e.